The van der Waals surface area contributed by atoms with Crippen LogP contribution < -0.4 is 5.73 Å². The fourth-order valence-electron chi connectivity index (χ4n) is 1.00. The average molecular weight is 171 g/mol. The molecule has 0 heterocycles. The highest BCUT2D eigenvalue weighted by atomic mass is 16.6. The molecular weight excluding hydrogens is 154 g/mol. The fourth-order valence-corrected chi connectivity index (χ4v) is 1.00. The number of hydrogen-bond acceptors (Lipinski definition) is 3. The molecule has 1 saturated carbocycles. The Balaban J connectivity index is 2.30. The van der Waals surface area contributed by atoms with Gasteiger partial charge in [-0.3, -0.25) is 4.79 Å². The van der Waals surface area contributed by atoms with E-state index in [9.17, 15) is 4.79 Å². The number of esters is 1. The Morgan fingerprint density at radius 2 is 2.00 bits per heavy atom. The lowest BCUT2D eigenvalue weighted by molar-refractivity contribution is -0.155. The van der Waals surface area contributed by atoms with Crippen molar-refractivity contribution in [2.75, 3.05) is 0 Å². The molecule has 0 amide bonds. The molecular formula is C9H17NO2. The van der Waals surface area contributed by atoms with Crippen molar-refractivity contribution in [3.05, 3.63) is 0 Å². The van der Waals surface area contributed by atoms with Crippen LogP contribution in [-0.2, 0) is 9.53 Å². The third-order valence-electron chi connectivity index (χ3n) is 1.81. The first-order chi connectivity index (χ1) is 5.31. The molecule has 70 valence electrons. The van der Waals surface area contributed by atoms with Crippen LogP contribution in [0.5, 0.6) is 0 Å². The first-order valence-electron chi connectivity index (χ1n) is 4.32. The van der Waals surface area contributed by atoms with Crippen LogP contribution in [-0.4, -0.2) is 17.1 Å². The van der Waals surface area contributed by atoms with Crippen LogP contribution in [0.15, 0.2) is 0 Å². The van der Waals surface area contributed by atoms with E-state index in [1.54, 1.807) is 0 Å². The van der Waals surface area contributed by atoms with Gasteiger partial charge >= 0.3 is 5.97 Å². The van der Waals surface area contributed by atoms with Crippen LogP contribution in [0.2, 0.25) is 0 Å². The Kier molecular flexibility index (Phi) is 2.17. The third-order valence-corrected chi connectivity index (χ3v) is 1.81. The molecule has 1 rings (SSSR count). The minimum absolute atomic E-state index is 0.178. The zero-order valence-corrected chi connectivity index (χ0v) is 8.02. The van der Waals surface area contributed by atoms with E-state index in [4.69, 9.17) is 10.5 Å². The van der Waals surface area contributed by atoms with Crippen LogP contribution in [0.1, 0.15) is 40.0 Å². The maximum atomic E-state index is 11.2. The molecule has 0 radical (unpaired) electrons. The van der Waals surface area contributed by atoms with Gasteiger partial charge in [0.25, 0.3) is 0 Å². The molecule has 0 aliphatic heterocycles. The minimum atomic E-state index is -0.387. The smallest absolute Gasteiger partial charge is 0.308 e. The van der Waals surface area contributed by atoms with Gasteiger partial charge in [0.05, 0.1) is 6.42 Å². The second-order valence-corrected chi connectivity index (χ2v) is 4.63. The fraction of sp³-hybridized carbons (Fsp3) is 0.889. The topological polar surface area (TPSA) is 52.3 Å². The molecule has 0 aromatic heterocycles. The highest BCUT2D eigenvalue weighted by Crippen LogP contribution is 2.36. The van der Waals surface area contributed by atoms with Gasteiger partial charge < -0.3 is 10.5 Å². The second kappa shape index (κ2) is 2.73. The highest BCUT2D eigenvalue weighted by Gasteiger charge is 2.41. The maximum absolute atomic E-state index is 11.2. The Morgan fingerprint density at radius 1 is 1.50 bits per heavy atom. The normalized spacial score (nSPS) is 20.3. The predicted molar refractivity (Wildman–Crippen MR) is 46.6 cm³/mol. The van der Waals surface area contributed by atoms with Crippen LogP contribution in [0, 0.1) is 0 Å². The summed E-state index contributed by atoms with van der Waals surface area (Å²) in [4.78, 5) is 11.2. The molecule has 1 aliphatic carbocycles. The van der Waals surface area contributed by atoms with Crippen molar-refractivity contribution in [1.82, 2.24) is 0 Å². The Labute approximate surface area is 73.3 Å². The zero-order chi connectivity index (χ0) is 9.41. The lowest BCUT2D eigenvalue weighted by Gasteiger charge is -2.20. The molecule has 0 aromatic carbocycles. The molecule has 0 saturated heterocycles. The van der Waals surface area contributed by atoms with E-state index < -0.39 is 0 Å². The van der Waals surface area contributed by atoms with Crippen molar-refractivity contribution in [2.24, 2.45) is 5.73 Å². The lowest BCUT2D eigenvalue weighted by Crippen LogP contribution is -2.31. The van der Waals surface area contributed by atoms with Gasteiger partial charge in [0, 0.05) is 5.54 Å². The summed E-state index contributed by atoms with van der Waals surface area (Å²) in [6.07, 6.45) is 2.27. The van der Waals surface area contributed by atoms with Gasteiger partial charge in [-0.15, -0.1) is 0 Å². The summed E-state index contributed by atoms with van der Waals surface area (Å²) >= 11 is 0. The predicted octanol–water partition coefficient (Wildman–Crippen LogP) is 1.21. The van der Waals surface area contributed by atoms with Gasteiger partial charge in [-0.05, 0) is 33.6 Å². The maximum Gasteiger partial charge on any atom is 0.308 e. The molecule has 3 nitrogen and oxygen atoms in total. The summed E-state index contributed by atoms with van der Waals surface area (Å²) in [5.41, 5.74) is 5.15. The summed E-state index contributed by atoms with van der Waals surface area (Å²) in [5.74, 6) is -0.178. The largest absolute Gasteiger partial charge is 0.460 e. The Bertz CT molecular complexity index is 180. The number of hydrogen-bond donors (Lipinski definition) is 1. The van der Waals surface area contributed by atoms with E-state index in [2.05, 4.69) is 0 Å². The van der Waals surface area contributed by atoms with Crippen LogP contribution in [0.25, 0.3) is 0 Å². The van der Waals surface area contributed by atoms with Crippen LogP contribution in [0.3, 0.4) is 0 Å². The van der Waals surface area contributed by atoms with Crippen molar-refractivity contribution < 1.29 is 9.53 Å². The lowest BCUT2D eigenvalue weighted by atomic mass is 10.1. The van der Waals surface area contributed by atoms with Gasteiger partial charge in [0.15, 0.2) is 0 Å². The number of ether oxygens (including phenoxy) is 1. The van der Waals surface area contributed by atoms with E-state index in [0.717, 1.165) is 12.8 Å². The Hall–Kier alpha value is -0.570. The van der Waals surface area contributed by atoms with Crippen molar-refractivity contribution in [3.63, 3.8) is 0 Å². The van der Waals surface area contributed by atoms with Gasteiger partial charge in [-0.1, -0.05) is 0 Å². The van der Waals surface area contributed by atoms with E-state index in [1.165, 1.54) is 0 Å². The van der Waals surface area contributed by atoms with E-state index >= 15 is 0 Å². The third kappa shape index (κ3) is 3.22. The summed E-state index contributed by atoms with van der Waals surface area (Å²) in [6.45, 7) is 5.59. The first kappa shape index (κ1) is 9.52. The number of carbonyl (C=O) groups excluding carboxylic acids is 1. The molecule has 12 heavy (non-hydrogen) atoms. The van der Waals surface area contributed by atoms with Gasteiger partial charge in [0.1, 0.15) is 5.60 Å². The van der Waals surface area contributed by atoms with Gasteiger partial charge in [-0.25, -0.2) is 0 Å². The molecule has 2 N–H and O–H groups in total. The van der Waals surface area contributed by atoms with Crippen molar-refractivity contribution >= 4 is 5.97 Å². The summed E-state index contributed by atoms with van der Waals surface area (Å²) in [7, 11) is 0. The van der Waals surface area contributed by atoms with Gasteiger partial charge in [-0.2, -0.15) is 0 Å². The zero-order valence-electron chi connectivity index (χ0n) is 8.02. The highest BCUT2D eigenvalue weighted by molar-refractivity contribution is 5.72. The molecule has 0 bridgehead atoms. The summed E-state index contributed by atoms with van der Waals surface area (Å²) in [6, 6.07) is 0. The monoisotopic (exact) mass is 171 g/mol. The van der Waals surface area contributed by atoms with Crippen LogP contribution in [0.4, 0.5) is 0 Å². The molecule has 0 spiro atoms. The number of rotatable bonds is 2. The molecule has 0 atom stereocenters. The molecule has 0 aromatic rings. The SMILES string of the molecule is CC(C)(C)OC(=O)CC1(N)CC1. The first-order valence-corrected chi connectivity index (χ1v) is 4.32. The van der Waals surface area contributed by atoms with Crippen molar-refractivity contribution in [1.29, 1.82) is 0 Å². The van der Waals surface area contributed by atoms with Crippen molar-refractivity contribution in [3.8, 4) is 0 Å². The summed E-state index contributed by atoms with van der Waals surface area (Å²) < 4.78 is 5.13. The molecule has 1 aliphatic rings. The van der Waals surface area contributed by atoms with Gasteiger partial charge in [0.2, 0.25) is 0 Å². The standard InChI is InChI=1S/C9H17NO2/c1-8(2,3)12-7(11)6-9(10)4-5-9/h4-6,10H2,1-3H3. The quantitative estimate of drug-likeness (QED) is 0.635. The minimum Gasteiger partial charge on any atom is -0.460 e. The molecule has 1 fully saturated rings. The number of carbonyl (C=O) groups is 1. The van der Waals surface area contributed by atoms with E-state index in [1.807, 2.05) is 20.8 Å². The summed E-state index contributed by atoms with van der Waals surface area (Å²) in [5, 5.41) is 0. The van der Waals surface area contributed by atoms with E-state index in [-0.39, 0.29) is 17.1 Å². The Morgan fingerprint density at radius 3 is 2.33 bits per heavy atom. The van der Waals surface area contributed by atoms with Crippen molar-refractivity contribution in [2.45, 2.75) is 51.2 Å². The molecule has 3 heteroatoms. The second-order valence-electron chi connectivity index (χ2n) is 4.63. The van der Waals surface area contributed by atoms with E-state index in [0.29, 0.717) is 6.42 Å². The number of nitrogens with two attached hydrogens (primary N) is 1. The van der Waals surface area contributed by atoms with Crippen LogP contribution >= 0.6 is 0 Å². The average Bonchev–Trinajstić information content (AvgIpc) is 2.40. The molecule has 0 unspecified atom stereocenters.